The van der Waals surface area contributed by atoms with Crippen LogP contribution in [0.2, 0.25) is 0 Å². The summed E-state index contributed by atoms with van der Waals surface area (Å²) in [6.45, 7) is 6.68. The Hall–Kier alpha value is -2.90. The van der Waals surface area contributed by atoms with E-state index in [1.54, 1.807) is 54.8 Å². The maximum atomic E-state index is 12.6. The van der Waals surface area contributed by atoms with Gasteiger partial charge < -0.3 is 9.73 Å². The lowest BCUT2D eigenvalue weighted by Gasteiger charge is -2.19. The normalized spacial score (nSPS) is 12.0. The molecule has 30 heavy (non-hydrogen) atoms. The van der Waals surface area contributed by atoms with Gasteiger partial charge >= 0.3 is 0 Å². The van der Waals surface area contributed by atoms with Gasteiger partial charge in [-0.1, -0.05) is 45.0 Å². The van der Waals surface area contributed by atoms with Crippen molar-refractivity contribution in [1.82, 2.24) is 10.0 Å². The van der Waals surface area contributed by atoms with Crippen molar-refractivity contribution in [2.75, 3.05) is 0 Å². The lowest BCUT2D eigenvalue weighted by Crippen LogP contribution is -2.24. The third-order valence-corrected chi connectivity index (χ3v) is 6.13. The van der Waals surface area contributed by atoms with E-state index in [2.05, 4.69) is 30.8 Å². The van der Waals surface area contributed by atoms with Crippen LogP contribution < -0.4 is 10.0 Å². The number of amides is 1. The monoisotopic (exact) mass is 426 g/mol. The molecule has 158 valence electrons. The molecule has 1 aromatic heterocycles. The lowest BCUT2D eigenvalue weighted by molar-refractivity contribution is 0.0948. The highest BCUT2D eigenvalue weighted by atomic mass is 32.2. The zero-order valence-corrected chi connectivity index (χ0v) is 18.1. The third-order valence-electron chi connectivity index (χ3n) is 4.72. The summed E-state index contributed by atoms with van der Waals surface area (Å²) < 4.78 is 32.9. The fourth-order valence-corrected chi connectivity index (χ4v) is 3.87. The van der Waals surface area contributed by atoms with Gasteiger partial charge in [0.25, 0.3) is 5.91 Å². The molecule has 2 N–H and O–H groups in total. The Morgan fingerprint density at radius 2 is 1.60 bits per heavy atom. The zero-order chi connectivity index (χ0) is 21.8. The van der Waals surface area contributed by atoms with Gasteiger partial charge in [0.1, 0.15) is 5.76 Å². The predicted octanol–water partition coefficient (Wildman–Crippen LogP) is 3.99. The summed E-state index contributed by atoms with van der Waals surface area (Å²) in [6, 6.07) is 17.3. The largest absolute Gasteiger partial charge is 0.467 e. The molecule has 0 saturated carbocycles. The molecular weight excluding hydrogens is 400 g/mol. The number of carbonyl (C=O) groups is 1. The molecule has 3 rings (SSSR count). The van der Waals surface area contributed by atoms with E-state index in [0.717, 1.165) is 11.1 Å². The number of nitrogens with one attached hydrogen (secondary N) is 2. The molecule has 0 unspecified atom stereocenters. The summed E-state index contributed by atoms with van der Waals surface area (Å²) in [6.07, 6.45) is 1.55. The van der Waals surface area contributed by atoms with Gasteiger partial charge in [0.2, 0.25) is 10.0 Å². The molecule has 0 radical (unpaired) electrons. The predicted molar refractivity (Wildman–Crippen MR) is 115 cm³/mol. The average Bonchev–Trinajstić information content (AvgIpc) is 3.24. The zero-order valence-electron chi connectivity index (χ0n) is 17.3. The molecule has 0 saturated heterocycles. The van der Waals surface area contributed by atoms with Gasteiger partial charge in [0, 0.05) is 12.1 Å². The van der Waals surface area contributed by atoms with E-state index in [1.807, 2.05) is 12.1 Å². The van der Waals surface area contributed by atoms with E-state index in [0.29, 0.717) is 17.9 Å². The third kappa shape index (κ3) is 5.58. The number of sulfonamides is 1. The van der Waals surface area contributed by atoms with Crippen LogP contribution in [0.15, 0.2) is 76.2 Å². The SMILES string of the molecule is CC(C)(C)c1ccc(S(=O)(=O)NCc2ccc(C(=O)NCc3ccco3)cc2)cc1. The van der Waals surface area contributed by atoms with Crippen LogP contribution >= 0.6 is 0 Å². The molecule has 0 atom stereocenters. The molecule has 0 aliphatic heterocycles. The van der Waals surface area contributed by atoms with Crippen LogP contribution in [0.5, 0.6) is 0 Å². The van der Waals surface area contributed by atoms with Crippen molar-refractivity contribution in [2.45, 2.75) is 44.2 Å². The smallest absolute Gasteiger partial charge is 0.251 e. The molecule has 0 aliphatic rings. The highest BCUT2D eigenvalue weighted by Crippen LogP contribution is 2.23. The summed E-state index contributed by atoms with van der Waals surface area (Å²) >= 11 is 0. The molecule has 2 aromatic carbocycles. The van der Waals surface area contributed by atoms with Crippen molar-refractivity contribution in [1.29, 1.82) is 0 Å². The summed E-state index contributed by atoms with van der Waals surface area (Å²) in [5.74, 6) is 0.447. The number of furan rings is 1. The van der Waals surface area contributed by atoms with Gasteiger partial charge in [-0.05, 0) is 52.9 Å². The maximum Gasteiger partial charge on any atom is 0.251 e. The van der Waals surface area contributed by atoms with Gasteiger partial charge in [0.05, 0.1) is 17.7 Å². The fourth-order valence-electron chi connectivity index (χ4n) is 2.85. The van der Waals surface area contributed by atoms with Crippen LogP contribution in [-0.4, -0.2) is 14.3 Å². The molecule has 0 fully saturated rings. The molecule has 3 aromatic rings. The molecule has 7 heteroatoms. The Kier molecular flexibility index (Phi) is 6.43. The topological polar surface area (TPSA) is 88.4 Å². The highest BCUT2D eigenvalue weighted by Gasteiger charge is 2.17. The summed E-state index contributed by atoms with van der Waals surface area (Å²) in [5, 5.41) is 2.77. The van der Waals surface area contributed by atoms with Crippen molar-refractivity contribution in [3.8, 4) is 0 Å². The van der Waals surface area contributed by atoms with Crippen molar-refractivity contribution >= 4 is 15.9 Å². The first kappa shape index (κ1) is 21.8. The lowest BCUT2D eigenvalue weighted by atomic mass is 9.87. The Labute approximate surface area is 177 Å². The number of hydrogen-bond donors (Lipinski definition) is 2. The maximum absolute atomic E-state index is 12.6. The van der Waals surface area contributed by atoms with Crippen LogP contribution in [0.3, 0.4) is 0 Å². The number of hydrogen-bond acceptors (Lipinski definition) is 4. The number of rotatable bonds is 7. The second-order valence-corrected chi connectivity index (χ2v) is 9.82. The summed E-state index contributed by atoms with van der Waals surface area (Å²) in [4.78, 5) is 12.4. The number of carbonyl (C=O) groups excluding carboxylic acids is 1. The first-order valence-corrected chi connectivity index (χ1v) is 11.1. The van der Waals surface area contributed by atoms with Crippen molar-refractivity contribution in [2.24, 2.45) is 0 Å². The van der Waals surface area contributed by atoms with Gasteiger partial charge in [-0.15, -0.1) is 0 Å². The molecule has 0 aliphatic carbocycles. The quantitative estimate of drug-likeness (QED) is 0.598. The van der Waals surface area contributed by atoms with Gasteiger partial charge in [-0.25, -0.2) is 13.1 Å². The van der Waals surface area contributed by atoms with Crippen LogP contribution in [0.1, 0.15) is 48.0 Å². The van der Waals surface area contributed by atoms with Gasteiger partial charge in [-0.2, -0.15) is 0 Å². The first-order valence-electron chi connectivity index (χ1n) is 9.65. The Balaban J connectivity index is 1.58. The van der Waals surface area contributed by atoms with Gasteiger partial charge in [-0.3, -0.25) is 4.79 Å². The second-order valence-electron chi connectivity index (χ2n) is 8.06. The molecule has 1 amide bonds. The molecule has 0 spiro atoms. The molecular formula is C23H26N2O4S. The Bertz CT molecular complexity index is 1080. The van der Waals surface area contributed by atoms with E-state index < -0.39 is 10.0 Å². The minimum Gasteiger partial charge on any atom is -0.467 e. The Morgan fingerprint density at radius 1 is 0.933 bits per heavy atom. The molecule has 0 bridgehead atoms. The average molecular weight is 427 g/mol. The fraction of sp³-hybridized carbons (Fsp3) is 0.261. The molecule has 1 heterocycles. The minimum absolute atomic E-state index is 0.0400. The van der Waals surface area contributed by atoms with E-state index >= 15 is 0 Å². The van der Waals surface area contributed by atoms with E-state index in [1.165, 1.54) is 0 Å². The van der Waals surface area contributed by atoms with E-state index in [9.17, 15) is 13.2 Å². The standard InChI is InChI=1S/C23H26N2O4S/c1-23(2,3)19-10-12-21(13-11-19)30(27,28)25-15-17-6-8-18(9-7-17)22(26)24-16-20-5-4-14-29-20/h4-14,25H,15-16H2,1-3H3,(H,24,26). The minimum atomic E-state index is -3.62. The summed E-state index contributed by atoms with van der Waals surface area (Å²) in [7, 11) is -3.62. The van der Waals surface area contributed by atoms with Crippen molar-refractivity contribution in [3.63, 3.8) is 0 Å². The first-order chi connectivity index (χ1) is 14.1. The van der Waals surface area contributed by atoms with Crippen LogP contribution in [0.4, 0.5) is 0 Å². The van der Waals surface area contributed by atoms with Crippen molar-refractivity contribution in [3.05, 3.63) is 89.4 Å². The van der Waals surface area contributed by atoms with Crippen LogP contribution in [0, 0.1) is 0 Å². The number of benzene rings is 2. The van der Waals surface area contributed by atoms with E-state index in [4.69, 9.17) is 4.42 Å². The van der Waals surface area contributed by atoms with Gasteiger partial charge in [0.15, 0.2) is 0 Å². The highest BCUT2D eigenvalue weighted by molar-refractivity contribution is 7.89. The van der Waals surface area contributed by atoms with E-state index in [-0.39, 0.29) is 22.8 Å². The second kappa shape index (κ2) is 8.85. The van der Waals surface area contributed by atoms with Crippen molar-refractivity contribution < 1.29 is 17.6 Å². The Morgan fingerprint density at radius 3 is 2.17 bits per heavy atom. The summed E-state index contributed by atoms with van der Waals surface area (Å²) in [5.41, 5.74) is 2.28. The van der Waals surface area contributed by atoms with Crippen LogP contribution in [-0.2, 0) is 28.5 Å². The molecule has 6 nitrogen and oxygen atoms in total. The van der Waals surface area contributed by atoms with Crippen LogP contribution in [0.25, 0.3) is 0 Å².